The van der Waals surface area contributed by atoms with E-state index in [1.807, 2.05) is 4.90 Å². The fourth-order valence-electron chi connectivity index (χ4n) is 3.37. The lowest BCUT2D eigenvalue weighted by Gasteiger charge is -2.19. The van der Waals surface area contributed by atoms with Gasteiger partial charge in [-0.05, 0) is 0 Å². The van der Waals surface area contributed by atoms with Crippen LogP contribution in [0.5, 0.6) is 0 Å². The van der Waals surface area contributed by atoms with Crippen LogP contribution >= 0.6 is 0 Å². The second-order valence-electron chi connectivity index (χ2n) is 6.20. The number of anilines is 1. The van der Waals surface area contributed by atoms with Gasteiger partial charge >= 0.3 is 0 Å². The summed E-state index contributed by atoms with van der Waals surface area (Å²) >= 11 is 0. The number of amides is 1. The minimum atomic E-state index is -0.455. The zero-order valence-corrected chi connectivity index (χ0v) is 13.4. The van der Waals surface area contributed by atoms with Gasteiger partial charge in [-0.15, -0.1) is 0 Å². The molecule has 0 unspecified atom stereocenters. The molecule has 2 aliphatic rings. The Balaban J connectivity index is 1.35. The summed E-state index contributed by atoms with van der Waals surface area (Å²) in [7, 11) is 0. The van der Waals surface area contributed by atoms with Gasteiger partial charge in [-0.3, -0.25) is 9.78 Å². The number of rotatable bonds is 4. The first-order valence-electron chi connectivity index (χ1n) is 8.09. The Morgan fingerprint density at radius 2 is 2.08 bits per heavy atom. The van der Waals surface area contributed by atoms with Crippen LogP contribution in [0.1, 0.15) is 10.5 Å². The number of halogens is 1. The lowest BCUT2D eigenvalue weighted by molar-refractivity contribution is 0.0934. The molecular weight excluding hydrogens is 327 g/mol. The third-order valence-corrected chi connectivity index (χ3v) is 4.65. The van der Waals surface area contributed by atoms with Crippen LogP contribution < -0.4 is 10.2 Å². The molecule has 1 amide bonds. The minimum absolute atomic E-state index is 0.0760. The zero-order valence-electron chi connectivity index (χ0n) is 13.4. The van der Waals surface area contributed by atoms with Crippen LogP contribution in [0.2, 0.25) is 0 Å². The van der Waals surface area contributed by atoms with Crippen molar-refractivity contribution in [3.8, 4) is 0 Å². The summed E-state index contributed by atoms with van der Waals surface area (Å²) in [6.07, 6.45) is 6.85. The van der Waals surface area contributed by atoms with Gasteiger partial charge in [0.1, 0.15) is 5.69 Å². The summed E-state index contributed by atoms with van der Waals surface area (Å²) < 4.78 is 18.8. The van der Waals surface area contributed by atoms with E-state index in [1.54, 1.807) is 0 Å². The summed E-state index contributed by atoms with van der Waals surface area (Å²) in [4.78, 5) is 30.0. The van der Waals surface area contributed by atoms with Gasteiger partial charge in [0.05, 0.1) is 31.3 Å². The second-order valence-corrected chi connectivity index (χ2v) is 6.20. The van der Waals surface area contributed by atoms with Crippen LogP contribution in [0.15, 0.2) is 31.0 Å². The van der Waals surface area contributed by atoms with E-state index in [1.165, 1.54) is 18.6 Å². The van der Waals surface area contributed by atoms with Crippen molar-refractivity contribution >= 4 is 11.9 Å². The Bertz CT molecular complexity index is 744. The highest BCUT2D eigenvalue weighted by Gasteiger charge is 2.44. The standard InChI is InChI=1S/C16H17FN6O2/c17-11-4-21-16(22-5-11)23-7-12-10(9-25-14(12)8-23)3-20-15(24)13-6-18-1-2-19-13/h1-2,4-6,10,12,14H,3,7-9H2,(H,20,24)/t10-,12-,14-/m1/s1. The first-order chi connectivity index (χ1) is 12.2. The highest BCUT2D eigenvalue weighted by Crippen LogP contribution is 2.34. The van der Waals surface area contributed by atoms with Gasteiger partial charge < -0.3 is 15.0 Å². The maximum atomic E-state index is 13.0. The Morgan fingerprint density at radius 3 is 2.84 bits per heavy atom. The fraction of sp³-hybridized carbons (Fsp3) is 0.438. The van der Waals surface area contributed by atoms with Crippen LogP contribution in [-0.2, 0) is 4.74 Å². The number of ether oxygens (including phenoxy) is 1. The molecule has 2 fully saturated rings. The molecule has 1 N–H and O–H groups in total. The highest BCUT2D eigenvalue weighted by atomic mass is 19.1. The van der Waals surface area contributed by atoms with Crippen molar-refractivity contribution < 1.29 is 13.9 Å². The molecular formula is C16H17FN6O2. The molecule has 4 heterocycles. The number of carbonyl (C=O) groups is 1. The molecule has 9 heteroatoms. The van der Waals surface area contributed by atoms with Crippen molar-refractivity contribution in [2.45, 2.75) is 6.10 Å². The van der Waals surface area contributed by atoms with Crippen molar-refractivity contribution in [3.05, 3.63) is 42.5 Å². The topological polar surface area (TPSA) is 93.1 Å². The van der Waals surface area contributed by atoms with Crippen molar-refractivity contribution in [2.75, 3.05) is 31.1 Å². The Labute approximate surface area is 143 Å². The minimum Gasteiger partial charge on any atom is -0.376 e. The number of aromatic nitrogens is 4. The molecule has 130 valence electrons. The lowest BCUT2D eigenvalue weighted by Crippen LogP contribution is -2.34. The number of nitrogens with zero attached hydrogens (tertiary/aromatic N) is 5. The molecule has 0 saturated carbocycles. The van der Waals surface area contributed by atoms with Gasteiger partial charge in [-0.1, -0.05) is 0 Å². The van der Waals surface area contributed by atoms with Crippen LogP contribution in [0, 0.1) is 17.7 Å². The average molecular weight is 344 g/mol. The van der Waals surface area contributed by atoms with Crippen molar-refractivity contribution in [2.24, 2.45) is 11.8 Å². The Morgan fingerprint density at radius 1 is 1.24 bits per heavy atom. The molecule has 2 aromatic rings. The summed E-state index contributed by atoms with van der Waals surface area (Å²) in [5, 5.41) is 2.89. The molecule has 2 saturated heterocycles. The van der Waals surface area contributed by atoms with Crippen LogP contribution in [0.3, 0.4) is 0 Å². The van der Waals surface area contributed by atoms with Crippen molar-refractivity contribution in [3.63, 3.8) is 0 Å². The molecule has 8 nitrogen and oxygen atoms in total. The number of hydrogen-bond acceptors (Lipinski definition) is 7. The quantitative estimate of drug-likeness (QED) is 0.852. The SMILES string of the molecule is O=C(NC[C@@H]1CO[C@@H]2CN(c3ncc(F)cn3)C[C@H]12)c1cnccn1. The van der Waals surface area contributed by atoms with E-state index in [0.717, 1.165) is 18.9 Å². The number of fused-ring (bicyclic) bond motifs is 1. The van der Waals surface area contributed by atoms with Gasteiger partial charge in [-0.2, -0.15) is 0 Å². The monoisotopic (exact) mass is 344 g/mol. The maximum Gasteiger partial charge on any atom is 0.271 e. The molecule has 0 aliphatic carbocycles. The van der Waals surface area contributed by atoms with Crippen LogP contribution in [0.4, 0.5) is 10.3 Å². The van der Waals surface area contributed by atoms with Gasteiger partial charge in [0, 0.05) is 43.9 Å². The molecule has 3 atom stereocenters. The maximum absolute atomic E-state index is 13.0. The number of hydrogen-bond donors (Lipinski definition) is 1. The zero-order chi connectivity index (χ0) is 17.2. The Hall–Kier alpha value is -2.68. The fourth-order valence-corrected chi connectivity index (χ4v) is 3.37. The van der Waals surface area contributed by atoms with Crippen LogP contribution in [0.25, 0.3) is 0 Å². The van der Waals surface area contributed by atoms with E-state index < -0.39 is 5.82 Å². The third kappa shape index (κ3) is 3.27. The molecule has 4 rings (SSSR count). The summed E-state index contributed by atoms with van der Waals surface area (Å²) in [6.45, 7) is 2.51. The van der Waals surface area contributed by atoms with Gasteiger partial charge in [0.2, 0.25) is 5.95 Å². The van der Waals surface area contributed by atoms with E-state index in [-0.39, 0.29) is 23.8 Å². The predicted octanol–water partition coefficient (Wildman–Crippen LogP) is 0.287. The molecule has 0 spiro atoms. The molecule has 2 aromatic heterocycles. The number of nitrogens with one attached hydrogen (secondary N) is 1. The van der Waals surface area contributed by atoms with E-state index in [2.05, 4.69) is 25.3 Å². The number of carbonyl (C=O) groups excluding carboxylic acids is 1. The first-order valence-corrected chi connectivity index (χ1v) is 8.09. The highest BCUT2D eigenvalue weighted by molar-refractivity contribution is 5.91. The predicted molar refractivity (Wildman–Crippen MR) is 85.3 cm³/mol. The smallest absolute Gasteiger partial charge is 0.271 e. The second kappa shape index (κ2) is 6.67. The summed E-state index contributed by atoms with van der Waals surface area (Å²) in [5.41, 5.74) is 0.297. The molecule has 25 heavy (non-hydrogen) atoms. The summed E-state index contributed by atoms with van der Waals surface area (Å²) in [5.74, 6) is 0.283. The molecule has 0 radical (unpaired) electrons. The lowest BCUT2D eigenvalue weighted by atomic mass is 9.93. The Kier molecular flexibility index (Phi) is 4.22. The first kappa shape index (κ1) is 15.8. The third-order valence-electron chi connectivity index (χ3n) is 4.65. The van der Waals surface area contributed by atoms with Crippen LogP contribution in [-0.4, -0.2) is 58.2 Å². The van der Waals surface area contributed by atoms with Crippen molar-refractivity contribution in [1.29, 1.82) is 0 Å². The van der Waals surface area contributed by atoms with E-state index >= 15 is 0 Å². The molecule has 0 bridgehead atoms. The van der Waals surface area contributed by atoms with Crippen molar-refractivity contribution in [1.82, 2.24) is 25.3 Å². The molecule has 0 aromatic carbocycles. The van der Waals surface area contributed by atoms with E-state index in [4.69, 9.17) is 4.74 Å². The van der Waals surface area contributed by atoms with Gasteiger partial charge in [0.15, 0.2) is 5.82 Å². The van der Waals surface area contributed by atoms with Gasteiger partial charge in [0.25, 0.3) is 5.91 Å². The largest absolute Gasteiger partial charge is 0.376 e. The van der Waals surface area contributed by atoms with E-state index in [9.17, 15) is 9.18 Å². The van der Waals surface area contributed by atoms with Gasteiger partial charge in [-0.25, -0.2) is 19.3 Å². The average Bonchev–Trinajstić information content (AvgIpc) is 3.22. The molecule has 2 aliphatic heterocycles. The van der Waals surface area contributed by atoms with E-state index in [0.29, 0.717) is 31.3 Å². The normalized spacial score (nSPS) is 25.0. The summed E-state index contributed by atoms with van der Waals surface area (Å²) in [6, 6.07) is 0.